The summed E-state index contributed by atoms with van der Waals surface area (Å²) in [6, 6.07) is 4.19. The predicted octanol–water partition coefficient (Wildman–Crippen LogP) is 1.96. The molecular weight excluding hydrogens is 305 g/mol. The lowest BCUT2D eigenvalue weighted by Crippen LogP contribution is -2.32. The first-order valence-electron chi connectivity index (χ1n) is 6.57. The second-order valence-electron chi connectivity index (χ2n) is 5.10. The maximum Gasteiger partial charge on any atom is 0.252 e. The Kier molecular flexibility index (Phi) is 4.90. The van der Waals surface area contributed by atoms with Crippen molar-refractivity contribution in [2.45, 2.75) is 36.7 Å². The molecule has 21 heavy (non-hydrogen) atoms. The molecule has 0 aliphatic heterocycles. The highest BCUT2D eigenvalue weighted by Crippen LogP contribution is 2.22. The van der Waals surface area contributed by atoms with E-state index in [0.29, 0.717) is 22.5 Å². The standard InChI is InChI=1S/C13H17F3N2O2S/c1-18(8-13(15)16)21(19,20)12-5-2-9(6-11(12)14)7-17-10-3-4-10/h2,5-6,10,13,17H,3-4,7-8H2,1H3. The van der Waals surface area contributed by atoms with Crippen molar-refractivity contribution in [3.8, 4) is 0 Å². The molecule has 0 unspecified atom stereocenters. The largest absolute Gasteiger partial charge is 0.310 e. The van der Waals surface area contributed by atoms with E-state index >= 15 is 0 Å². The van der Waals surface area contributed by atoms with E-state index in [1.165, 1.54) is 6.07 Å². The summed E-state index contributed by atoms with van der Waals surface area (Å²) in [7, 11) is -3.24. The summed E-state index contributed by atoms with van der Waals surface area (Å²) in [6.07, 6.45) is -0.629. The molecule has 0 bridgehead atoms. The molecule has 1 aliphatic carbocycles. The van der Waals surface area contributed by atoms with Gasteiger partial charge in [-0.3, -0.25) is 0 Å². The molecule has 0 aromatic heterocycles. The van der Waals surface area contributed by atoms with Crippen LogP contribution in [0.25, 0.3) is 0 Å². The molecule has 0 radical (unpaired) electrons. The van der Waals surface area contributed by atoms with Crippen LogP contribution in [0.5, 0.6) is 0 Å². The van der Waals surface area contributed by atoms with Crippen LogP contribution in [0.3, 0.4) is 0 Å². The van der Waals surface area contributed by atoms with E-state index in [2.05, 4.69) is 5.32 Å². The first kappa shape index (κ1) is 16.3. The van der Waals surface area contributed by atoms with E-state index in [0.717, 1.165) is 32.0 Å². The molecule has 1 saturated carbocycles. The van der Waals surface area contributed by atoms with Gasteiger partial charge in [0.2, 0.25) is 10.0 Å². The minimum atomic E-state index is -4.24. The van der Waals surface area contributed by atoms with Crippen LogP contribution in [0, 0.1) is 5.82 Å². The summed E-state index contributed by atoms with van der Waals surface area (Å²) in [5, 5.41) is 3.18. The maximum absolute atomic E-state index is 14.0. The molecule has 118 valence electrons. The Morgan fingerprint density at radius 1 is 1.38 bits per heavy atom. The molecule has 0 heterocycles. The number of halogens is 3. The van der Waals surface area contributed by atoms with Crippen molar-refractivity contribution >= 4 is 10.0 Å². The van der Waals surface area contributed by atoms with Gasteiger partial charge in [-0.25, -0.2) is 21.6 Å². The molecule has 4 nitrogen and oxygen atoms in total. The average molecular weight is 322 g/mol. The number of rotatable bonds is 7. The van der Waals surface area contributed by atoms with Crippen molar-refractivity contribution < 1.29 is 21.6 Å². The molecule has 1 fully saturated rings. The van der Waals surface area contributed by atoms with Crippen LogP contribution >= 0.6 is 0 Å². The van der Waals surface area contributed by atoms with Crippen LogP contribution < -0.4 is 5.32 Å². The van der Waals surface area contributed by atoms with E-state index in [-0.39, 0.29) is 0 Å². The quantitative estimate of drug-likeness (QED) is 0.835. The lowest BCUT2D eigenvalue weighted by molar-refractivity contribution is 0.126. The van der Waals surface area contributed by atoms with Gasteiger partial charge in [-0.2, -0.15) is 4.31 Å². The summed E-state index contributed by atoms with van der Waals surface area (Å²) in [5.41, 5.74) is 0.620. The lowest BCUT2D eigenvalue weighted by Gasteiger charge is -2.17. The van der Waals surface area contributed by atoms with Gasteiger partial charge in [-0.05, 0) is 30.5 Å². The Morgan fingerprint density at radius 2 is 2.05 bits per heavy atom. The minimum absolute atomic E-state index is 0.452. The normalized spacial score (nSPS) is 15.9. The van der Waals surface area contributed by atoms with Gasteiger partial charge >= 0.3 is 0 Å². The van der Waals surface area contributed by atoms with Crippen LogP contribution in [0.2, 0.25) is 0 Å². The second-order valence-corrected chi connectivity index (χ2v) is 7.11. The van der Waals surface area contributed by atoms with E-state index < -0.39 is 33.7 Å². The number of benzene rings is 1. The smallest absolute Gasteiger partial charge is 0.252 e. The van der Waals surface area contributed by atoms with E-state index in [4.69, 9.17) is 0 Å². The Balaban J connectivity index is 2.14. The molecule has 0 amide bonds. The van der Waals surface area contributed by atoms with Crippen LogP contribution in [0.1, 0.15) is 18.4 Å². The molecule has 8 heteroatoms. The van der Waals surface area contributed by atoms with Crippen molar-refractivity contribution in [1.82, 2.24) is 9.62 Å². The third-order valence-corrected chi connectivity index (χ3v) is 5.11. The summed E-state index contributed by atoms with van der Waals surface area (Å²) in [6.45, 7) is -0.512. The number of nitrogens with zero attached hydrogens (tertiary/aromatic N) is 1. The van der Waals surface area contributed by atoms with E-state index in [1.807, 2.05) is 0 Å². The molecule has 0 saturated heterocycles. The second kappa shape index (κ2) is 6.33. The van der Waals surface area contributed by atoms with Crippen molar-refractivity contribution in [3.63, 3.8) is 0 Å². The Hall–Kier alpha value is -1.12. The highest BCUT2D eigenvalue weighted by atomic mass is 32.2. The molecular formula is C13H17F3N2O2S. The lowest BCUT2D eigenvalue weighted by atomic mass is 10.2. The van der Waals surface area contributed by atoms with Gasteiger partial charge in [0.25, 0.3) is 6.43 Å². The van der Waals surface area contributed by atoms with Crippen LogP contribution in [0.4, 0.5) is 13.2 Å². The molecule has 1 N–H and O–H groups in total. The fraction of sp³-hybridized carbons (Fsp3) is 0.538. The number of sulfonamides is 1. The fourth-order valence-electron chi connectivity index (χ4n) is 1.87. The Labute approximate surface area is 122 Å². The molecule has 0 atom stereocenters. The van der Waals surface area contributed by atoms with Crippen molar-refractivity contribution in [1.29, 1.82) is 0 Å². The molecule has 2 rings (SSSR count). The summed E-state index contributed by atoms with van der Waals surface area (Å²) in [5.74, 6) is -0.925. The van der Waals surface area contributed by atoms with Gasteiger partial charge in [0.1, 0.15) is 10.7 Å². The minimum Gasteiger partial charge on any atom is -0.310 e. The number of nitrogens with one attached hydrogen (secondary N) is 1. The molecule has 1 aromatic rings. The Morgan fingerprint density at radius 3 is 2.57 bits per heavy atom. The van der Waals surface area contributed by atoms with Crippen LogP contribution in [0.15, 0.2) is 23.1 Å². The monoisotopic (exact) mass is 322 g/mol. The molecule has 1 aliphatic rings. The van der Waals surface area contributed by atoms with Crippen molar-refractivity contribution in [2.24, 2.45) is 0 Å². The third kappa shape index (κ3) is 4.18. The zero-order chi connectivity index (χ0) is 15.6. The van der Waals surface area contributed by atoms with Gasteiger partial charge in [0.15, 0.2) is 0 Å². The van der Waals surface area contributed by atoms with Crippen LogP contribution in [-0.4, -0.2) is 38.8 Å². The zero-order valence-corrected chi connectivity index (χ0v) is 12.3. The summed E-state index contributed by atoms with van der Waals surface area (Å²) >= 11 is 0. The van der Waals surface area contributed by atoms with E-state index in [1.54, 1.807) is 0 Å². The first-order valence-corrected chi connectivity index (χ1v) is 8.01. The molecule has 1 aromatic carbocycles. The van der Waals surface area contributed by atoms with E-state index in [9.17, 15) is 21.6 Å². The topological polar surface area (TPSA) is 49.4 Å². The zero-order valence-electron chi connectivity index (χ0n) is 11.5. The number of alkyl halides is 2. The first-order chi connectivity index (χ1) is 9.80. The maximum atomic E-state index is 14.0. The SMILES string of the molecule is CN(CC(F)F)S(=O)(=O)c1ccc(CNC2CC2)cc1F. The van der Waals surface area contributed by atoms with Crippen molar-refractivity contribution in [3.05, 3.63) is 29.6 Å². The van der Waals surface area contributed by atoms with Crippen LogP contribution in [-0.2, 0) is 16.6 Å². The van der Waals surface area contributed by atoms with Gasteiger partial charge < -0.3 is 5.32 Å². The Bertz CT molecular complexity index is 603. The highest BCUT2D eigenvalue weighted by molar-refractivity contribution is 7.89. The number of hydrogen-bond donors (Lipinski definition) is 1. The number of hydrogen-bond acceptors (Lipinski definition) is 3. The van der Waals surface area contributed by atoms with Gasteiger partial charge in [-0.15, -0.1) is 0 Å². The van der Waals surface area contributed by atoms with Gasteiger partial charge in [0, 0.05) is 19.6 Å². The van der Waals surface area contributed by atoms with Gasteiger partial charge in [0.05, 0.1) is 6.54 Å². The predicted molar refractivity (Wildman–Crippen MR) is 72.1 cm³/mol. The third-order valence-electron chi connectivity index (χ3n) is 3.25. The molecule has 0 spiro atoms. The summed E-state index contributed by atoms with van der Waals surface area (Å²) < 4.78 is 63.0. The van der Waals surface area contributed by atoms with Gasteiger partial charge in [-0.1, -0.05) is 6.07 Å². The average Bonchev–Trinajstić information content (AvgIpc) is 3.19. The highest BCUT2D eigenvalue weighted by Gasteiger charge is 2.27. The van der Waals surface area contributed by atoms with Crippen molar-refractivity contribution in [2.75, 3.05) is 13.6 Å². The summed E-state index contributed by atoms with van der Waals surface area (Å²) in [4.78, 5) is -0.583. The fourth-order valence-corrected chi connectivity index (χ4v) is 3.06.